The van der Waals surface area contributed by atoms with Crippen LogP contribution in [-0.2, 0) is 9.53 Å². The van der Waals surface area contributed by atoms with Crippen molar-refractivity contribution < 1.29 is 19.0 Å². The van der Waals surface area contributed by atoms with E-state index >= 15 is 0 Å². The summed E-state index contributed by atoms with van der Waals surface area (Å²) in [6.07, 6.45) is 1.69. The molecule has 2 aromatic carbocycles. The van der Waals surface area contributed by atoms with Crippen molar-refractivity contribution in [2.75, 3.05) is 13.2 Å². The molecule has 5 nitrogen and oxygen atoms in total. The first kappa shape index (κ1) is 15.4. The Morgan fingerprint density at radius 1 is 0.960 bits per heavy atom. The topological polar surface area (TPSA) is 57.1 Å². The number of fused-ring (bicyclic) bond motifs is 1. The molecular weight excluding hydrogens is 318 g/mol. The molecule has 0 aromatic heterocycles. The number of nitrogens with zero attached hydrogens (tertiary/aromatic N) is 1. The fourth-order valence-corrected chi connectivity index (χ4v) is 2.71. The van der Waals surface area contributed by atoms with Crippen molar-refractivity contribution in [2.24, 2.45) is 4.99 Å². The molecule has 0 radical (unpaired) electrons. The minimum absolute atomic E-state index is 0.268. The number of cyclic esters (lactones) is 1. The van der Waals surface area contributed by atoms with Gasteiger partial charge in [-0.25, -0.2) is 9.79 Å². The Labute approximate surface area is 145 Å². The van der Waals surface area contributed by atoms with E-state index in [9.17, 15) is 4.79 Å². The predicted octanol–water partition coefficient (Wildman–Crippen LogP) is 3.42. The number of ether oxygens (including phenoxy) is 3. The second-order valence-corrected chi connectivity index (χ2v) is 6.04. The lowest BCUT2D eigenvalue weighted by Crippen LogP contribution is -2.15. The molecule has 0 spiro atoms. The van der Waals surface area contributed by atoms with Gasteiger partial charge < -0.3 is 14.2 Å². The lowest BCUT2D eigenvalue weighted by molar-refractivity contribution is -0.129. The van der Waals surface area contributed by atoms with Crippen molar-refractivity contribution in [3.8, 4) is 11.5 Å². The van der Waals surface area contributed by atoms with E-state index in [1.165, 1.54) is 5.56 Å². The van der Waals surface area contributed by atoms with E-state index in [-0.39, 0.29) is 5.70 Å². The van der Waals surface area contributed by atoms with Crippen LogP contribution in [0.5, 0.6) is 11.5 Å². The molecule has 0 amide bonds. The molecule has 2 heterocycles. The third-order valence-corrected chi connectivity index (χ3v) is 4.24. The molecule has 0 unspecified atom stereocenters. The van der Waals surface area contributed by atoms with Gasteiger partial charge >= 0.3 is 5.97 Å². The normalized spacial score (nSPS) is 17.4. The van der Waals surface area contributed by atoms with E-state index in [2.05, 4.69) is 4.99 Å². The standard InChI is InChI=1S/C20H17NO4/c1-12-3-5-15(9-13(12)2)19-21-16(20(22)25-19)10-14-4-6-17-18(11-14)24-8-7-23-17/h3-6,9-11H,7-8H2,1-2H3. The van der Waals surface area contributed by atoms with Gasteiger partial charge in [0.1, 0.15) is 13.2 Å². The predicted molar refractivity (Wildman–Crippen MR) is 94.0 cm³/mol. The van der Waals surface area contributed by atoms with E-state index in [1.54, 1.807) is 6.08 Å². The zero-order chi connectivity index (χ0) is 17.4. The molecule has 0 atom stereocenters. The van der Waals surface area contributed by atoms with Gasteiger partial charge in [0.2, 0.25) is 5.90 Å². The molecule has 4 rings (SSSR count). The van der Waals surface area contributed by atoms with E-state index in [0.29, 0.717) is 30.6 Å². The van der Waals surface area contributed by atoms with Gasteiger partial charge in [-0.15, -0.1) is 0 Å². The number of hydrogen-bond acceptors (Lipinski definition) is 5. The number of aryl methyl sites for hydroxylation is 2. The molecule has 0 fully saturated rings. The van der Waals surface area contributed by atoms with Crippen LogP contribution in [0.1, 0.15) is 22.3 Å². The third kappa shape index (κ3) is 3.01. The van der Waals surface area contributed by atoms with Gasteiger partial charge in [-0.3, -0.25) is 0 Å². The average Bonchev–Trinajstić information content (AvgIpc) is 2.98. The van der Waals surface area contributed by atoms with Crippen molar-refractivity contribution in [1.82, 2.24) is 0 Å². The van der Waals surface area contributed by atoms with Crippen LogP contribution in [0.15, 0.2) is 47.1 Å². The number of carbonyl (C=O) groups excluding carboxylic acids is 1. The number of esters is 1. The van der Waals surface area contributed by atoms with Crippen LogP contribution in [0.4, 0.5) is 0 Å². The highest BCUT2D eigenvalue weighted by atomic mass is 16.6. The minimum Gasteiger partial charge on any atom is -0.486 e. The first-order valence-electron chi connectivity index (χ1n) is 8.10. The highest BCUT2D eigenvalue weighted by Gasteiger charge is 2.24. The van der Waals surface area contributed by atoms with Gasteiger partial charge in [-0.2, -0.15) is 0 Å². The molecule has 2 aliphatic heterocycles. The lowest BCUT2D eigenvalue weighted by Gasteiger charge is -2.18. The van der Waals surface area contributed by atoms with Crippen molar-refractivity contribution in [1.29, 1.82) is 0 Å². The fraction of sp³-hybridized carbons (Fsp3) is 0.200. The average molecular weight is 335 g/mol. The first-order chi connectivity index (χ1) is 12.1. The number of aliphatic imine (C=N–C) groups is 1. The molecular formula is C20H17NO4. The minimum atomic E-state index is -0.455. The lowest BCUT2D eigenvalue weighted by atomic mass is 10.1. The van der Waals surface area contributed by atoms with Gasteiger partial charge in [-0.1, -0.05) is 12.1 Å². The van der Waals surface area contributed by atoms with Gasteiger partial charge in [0.25, 0.3) is 0 Å². The first-order valence-corrected chi connectivity index (χ1v) is 8.10. The highest BCUT2D eigenvalue weighted by molar-refractivity contribution is 6.12. The summed E-state index contributed by atoms with van der Waals surface area (Å²) in [5.74, 6) is 1.26. The Bertz CT molecular complexity index is 927. The molecule has 0 N–H and O–H groups in total. The van der Waals surface area contributed by atoms with E-state index < -0.39 is 5.97 Å². The quantitative estimate of drug-likeness (QED) is 0.623. The van der Waals surface area contributed by atoms with Gasteiger partial charge in [-0.05, 0) is 60.9 Å². The van der Waals surface area contributed by atoms with Crippen LogP contribution in [0.2, 0.25) is 0 Å². The molecule has 0 aliphatic carbocycles. The zero-order valence-electron chi connectivity index (χ0n) is 14.0. The summed E-state index contributed by atoms with van der Waals surface area (Å²) >= 11 is 0. The number of benzene rings is 2. The third-order valence-electron chi connectivity index (χ3n) is 4.24. The molecule has 0 saturated carbocycles. The molecule has 5 heteroatoms. The maximum absolute atomic E-state index is 12.1. The Kier molecular flexibility index (Phi) is 3.76. The largest absolute Gasteiger partial charge is 0.486 e. The fourth-order valence-electron chi connectivity index (χ4n) is 2.71. The monoisotopic (exact) mass is 335 g/mol. The summed E-state index contributed by atoms with van der Waals surface area (Å²) in [6.45, 7) is 5.12. The molecule has 2 aliphatic rings. The SMILES string of the molecule is Cc1ccc(C2=NC(=Cc3ccc4c(c3)OCCO4)C(=O)O2)cc1C. The second-order valence-electron chi connectivity index (χ2n) is 6.04. The van der Waals surface area contributed by atoms with Gasteiger partial charge in [0, 0.05) is 5.56 Å². The Morgan fingerprint density at radius 3 is 2.56 bits per heavy atom. The Balaban J connectivity index is 1.65. The van der Waals surface area contributed by atoms with Crippen LogP contribution in [0.25, 0.3) is 6.08 Å². The van der Waals surface area contributed by atoms with Crippen LogP contribution >= 0.6 is 0 Å². The van der Waals surface area contributed by atoms with Crippen LogP contribution in [0.3, 0.4) is 0 Å². The summed E-state index contributed by atoms with van der Waals surface area (Å²) in [5.41, 5.74) is 4.18. The van der Waals surface area contributed by atoms with Crippen molar-refractivity contribution in [2.45, 2.75) is 13.8 Å². The summed E-state index contributed by atoms with van der Waals surface area (Å²) in [4.78, 5) is 16.5. The highest BCUT2D eigenvalue weighted by Crippen LogP contribution is 2.32. The van der Waals surface area contributed by atoms with Crippen molar-refractivity contribution >= 4 is 17.9 Å². The van der Waals surface area contributed by atoms with Crippen LogP contribution in [0, 0.1) is 13.8 Å². The maximum atomic E-state index is 12.1. The van der Waals surface area contributed by atoms with Crippen molar-refractivity contribution in [3.05, 3.63) is 64.3 Å². The maximum Gasteiger partial charge on any atom is 0.363 e. The van der Waals surface area contributed by atoms with E-state index in [1.807, 2.05) is 50.2 Å². The second kappa shape index (κ2) is 6.09. The molecule has 25 heavy (non-hydrogen) atoms. The number of hydrogen-bond donors (Lipinski definition) is 0. The summed E-state index contributed by atoms with van der Waals surface area (Å²) in [5, 5.41) is 0. The zero-order valence-corrected chi connectivity index (χ0v) is 14.0. The van der Waals surface area contributed by atoms with E-state index in [4.69, 9.17) is 14.2 Å². The van der Waals surface area contributed by atoms with Crippen LogP contribution < -0.4 is 9.47 Å². The van der Waals surface area contributed by atoms with Gasteiger partial charge in [0.05, 0.1) is 0 Å². The Morgan fingerprint density at radius 2 is 1.76 bits per heavy atom. The Hall–Kier alpha value is -3.08. The van der Waals surface area contributed by atoms with Crippen LogP contribution in [-0.4, -0.2) is 25.1 Å². The number of carbonyl (C=O) groups is 1. The van der Waals surface area contributed by atoms with Crippen molar-refractivity contribution in [3.63, 3.8) is 0 Å². The van der Waals surface area contributed by atoms with E-state index in [0.717, 1.165) is 16.7 Å². The summed E-state index contributed by atoms with van der Waals surface area (Å²) < 4.78 is 16.4. The molecule has 2 aromatic rings. The smallest absolute Gasteiger partial charge is 0.363 e. The molecule has 126 valence electrons. The molecule has 0 bridgehead atoms. The summed E-state index contributed by atoms with van der Waals surface area (Å²) in [6, 6.07) is 11.4. The summed E-state index contributed by atoms with van der Waals surface area (Å²) in [7, 11) is 0. The molecule has 0 saturated heterocycles. The van der Waals surface area contributed by atoms with Gasteiger partial charge in [0.15, 0.2) is 17.2 Å². The number of rotatable bonds is 2.